The lowest BCUT2D eigenvalue weighted by Gasteiger charge is -2.28. The number of halogens is 6. The lowest BCUT2D eigenvalue weighted by Crippen LogP contribution is -2.34. The highest BCUT2D eigenvalue weighted by Gasteiger charge is 2.48. The molecule has 0 bridgehead atoms. The first-order valence-corrected chi connectivity index (χ1v) is 13.1. The molecule has 2 amide bonds. The Bertz CT molecular complexity index is 1450. The van der Waals surface area contributed by atoms with Gasteiger partial charge in [0.1, 0.15) is 17.5 Å². The number of benzene rings is 2. The van der Waals surface area contributed by atoms with Crippen LogP contribution in [-0.4, -0.2) is 42.6 Å². The quantitative estimate of drug-likeness (QED) is 0.259. The molecule has 3 atom stereocenters. The third kappa shape index (κ3) is 5.58. The number of carbonyl (C=O) groups excluding carboxylic acids is 2. The van der Waals surface area contributed by atoms with E-state index in [1.165, 1.54) is 23.2 Å². The molecule has 2 aromatic carbocycles. The van der Waals surface area contributed by atoms with Crippen molar-refractivity contribution >= 4 is 41.6 Å². The van der Waals surface area contributed by atoms with Crippen molar-refractivity contribution in [2.24, 2.45) is 21.9 Å². The number of nitrogens with one attached hydrogen (secondary N) is 1. The molecular weight excluding hydrogens is 577 g/mol. The smallest absolute Gasteiger partial charge is 0.254 e. The van der Waals surface area contributed by atoms with E-state index in [0.717, 1.165) is 6.07 Å². The van der Waals surface area contributed by atoms with Crippen LogP contribution in [0.5, 0.6) is 0 Å². The topological polar surface area (TPSA) is 114 Å². The SMILES string of the molecule is CN1N=C2C3=C(C(Cc4cc(F)cc(F)c4SN)=CC2C1CC(F)F)C(c1cc(F)ccc1Cl)NC3=O.NC=O. The Morgan fingerprint density at radius 3 is 2.55 bits per heavy atom. The van der Waals surface area contributed by atoms with Crippen LogP contribution in [0.1, 0.15) is 23.6 Å². The van der Waals surface area contributed by atoms with Gasteiger partial charge in [0.2, 0.25) is 12.8 Å². The van der Waals surface area contributed by atoms with Crippen molar-refractivity contribution in [3.63, 3.8) is 0 Å². The van der Waals surface area contributed by atoms with Gasteiger partial charge in [-0.15, -0.1) is 0 Å². The minimum Gasteiger partial charge on any atom is -0.372 e. The Hall–Kier alpha value is -3.42. The number of primary amides is 1. The van der Waals surface area contributed by atoms with Crippen molar-refractivity contribution in [2.45, 2.75) is 36.2 Å². The van der Waals surface area contributed by atoms with E-state index in [-0.39, 0.29) is 39.4 Å². The maximum atomic E-state index is 14.5. The Morgan fingerprint density at radius 2 is 1.90 bits per heavy atom. The van der Waals surface area contributed by atoms with E-state index >= 15 is 0 Å². The van der Waals surface area contributed by atoms with E-state index in [0.29, 0.717) is 34.9 Å². The van der Waals surface area contributed by atoms with Gasteiger partial charge >= 0.3 is 0 Å². The van der Waals surface area contributed by atoms with Crippen LogP contribution >= 0.6 is 23.5 Å². The van der Waals surface area contributed by atoms with Gasteiger partial charge in [0.15, 0.2) is 0 Å². The second kappa shape index (κ2) is 12.0. The van der Waals surface area contributed by atoms with E-state index in [1.54, 1.807) is 13.1 Å². The van der Waals surface area contributed by atoms with E-state index in [4.69, 9.17) is 21.5 Å². The largest absolute Gasteiger partial charge is 0.372 e. The Balaban J connectivity index is 0.00000118. The summed E-state index contributed by atoms with van der Waals surface area (Å²) in [4.78, 5) is 21.9. The zero-order chi connectivity index (χ0) is 29.3. The van der Waals surface area contributed by atoms with Gasteiger partial charge in [-0.2, -0.15) is 5.10 Å². The van der Waals surface area contributed by atoms with Crippen molar-refractivity contribution in [2.75, 3.05) is 7.05 Å². The highest BCUT2D eigenvalue weighted by atomic mass is 35.5. The maximum Gasteiger partial charge on any atom is 0.254 e. The Morgan fingerprint density at radius 1 is 1.20 bits per heavy atom. The average Bonchev–Trinajstić information content (AvgIpc) is 3.37. The molecule has 40 heavy (non-hydrogen) atoms. The molecule has 0 radical (unpaired) electrons. The number of rotatable bonds is 6. The van der Waals surface area contributed by atoms with Crippen LogP contribution in [0.4, 0.5) is 22.0 Å². The van der Waals surface area contributed by atoms with Gasteiger partial charge in [-0.3, -0.25) is 19.7 Å². The predicted molar refractivity (Wildman–Crippen MR) is 141 cm³/mol. The molecule has 0 saturated heterocycles. The summed E-state index contributed by atoms with van der Waals surface area (Å²) in [5.74, 6) is -3.45. The summed E-state index contributed by atoms with van der Waals surface area (Å²) < 4.78 is 69.7. The summed E-state index contributed by atoms with van der Waals surface area (Å²) >= 11 is 6.97. The molecule has 212 valence electrons. The fourth-order valence-electron chi connectivity index (χ4n) is 5.27. The molecule has 7 nitrogen and oxygen atoms in total. The molecule has 2 aliphatic heterocycles. The molecule has 0 spiro atoms. The zero-order valence-corrected chi connectivity index (χ0v) is 22.4. The molecule has 0 saturated carbocycles. The van der Waals surface area contributed by atoms with Crippen LogP contribution in [0.15, 0.2) is 63.1 Å². The molecule has 0 aromatic heterocycles. The van der Waals surface area contributed by atoms with Gasteiger partial charge in [-0.25, -0.2) is 22.0 Å². The summed E-state index contributed by atoms with van der Waals surface area (Å²) in [6.07, 6.45) is -1.24. The van der Waals surface area contributed by atoms with Crippen molar-refractivity contribution in [3.05, 3.63) is 86.7 Å². The van der Waals surface area contributed by atoms with Crippen LogP contribution < -0.4 is 16.2 Å². The first kappa shape index (κ1) is 29.6. The van der Waals surface area contributed by atoms with Crippen molar-refractivity contribution in [1.29, 1.82) is 0 Å². The number of carbonyl (C=O) groups is 2. The molecular formula is C26H23ClF5N5O2S. The van der Waals surface area contributed by atoms with Gasteiger partial charge in [0.25, 0.3) is 5.91 Å². The normalized spacial score (nSPS) is 21.4. The predicted octanol–water partition coefficient (Wildman–Crippen LogP) is 4.42. The third-order valence-electron chi connectivity index (χ3n) is 6.79. The molecule has 5 N–H and O–H groups in total. The van der Waals surface area contributed by atoms with Gasteiger partial charge in [0.05, 0.1) is 28.3 Å². The van der Waals surface area contributed by atoms with Gasteiger partial charge in [0, 0.05) is 36.0 Å². The molecule has 2 heterocycles. The zero-order valence-electron chi connectivity index (χ0n) is 20.8. The second-order valence-corrected chi connectivity index (χ2v) is 10.2. The van der Waals surface area contributed by atoms with Gasteiger partial charge < -0.3 is 11.1 Å². The minimum absolute atomic E-state index is 0.00852. The fraction of sp³-hybridized carbons (Fsp3) is 0.269. The second-order valence-electron chi connectivity index (χ2n) is 9.14. The van der Waals surface area contributed by atoms with Crippen LogP contribution in [0.3, 0.4) is 0 Å². The number of hydrogen-bond donors (Lipinski definition) is 3. The molecule has 3 aliphatic rings. The summed E-state index contributed by atoms with van der Waals surface area (Å²) in [6, 6.07) is 3.94. The maximum absolute atomic E-state index is 14.5. The van der Waals surface area contributed by atoms with E-state index in [1.807, 2.05) is 0 Å². The van der Waals surface area contributed by atoms with Crippen LogP contribution in [0.2, 0.25) is 5.02 Å². The fourth-order valence-corrected chi connectivity index (χ4v) is 5.95. The number of amides is 2. The highest BCUT2D eigenvalue weighted by molar-refractivity contribution is 7.97. The average molecular weight is 600 g/mol. The lowest BCUT2D eigenvalue weighted by molar-refractivity contribution is -0.116. The Kier molecular flexibility index (Phi) is 8.86. The lowest BCUT2D eigenvalue weighted by atomic mass is 9.76. The summed E-state index contributed by atoms with van der Waals surface area (Å²) in [7, 11) is 1.55. The van der Waals surface area contributed by atoms with Gasteiger partial charge in [-0.1, -0.05) is 17.7 Å². The highest BCUT2D eigenvalue weighted by Crippen LogP contribution is 2.46. The van der Waals surface area contributed by atoms with Crippen LogP contribution in [0.25, 0.3) is 0 Å². The third-order valence-corrected chi connectivity index (χ3v) is 7.83. The summed E-state index contributed by atoms with van der Waals surface area (Å²) in [5.41, 5.74) is 5.98. The number of fused-ring (bicyclic) bond motifs is 2. The monoisotopic (exact) mass is 599 g/mol. The number of hydrogen-bond acceptors (Lipinski definition) is 6. The first-order valence-electron chi connectivity index (χ1n) is 11.8. The first-order chi connectivity index (χ1) is 19.0. The number of nitrogens with zero attached hydrogens (tertiary/aromatic N) is 2. The minimum atomic E-state index is -2.62. The van der Waals surface area contributed by atoms with E-state index < -0.39 is 54.2 Å². The van der Waals surface area contributed by atoms with Crippen molar-refractivity contribution in [1.82, 2.24) is 10.3 Å². The molecule has 0 fully saturated rings. The molecule has 5 rings (SSSR count). The van der Waals surface area contributed by atoms with Crippen LogP contribution in [0, 0.1) is 23.4 Å². The number of alkyl halides is 2. The summed E-state index contributed by atoms with van der Waals surface area (Å²) in [5, 5.41) is 14.5. The number of hydrazone groups is 1. The molecule has 3 unspecified atom stereocenters. The van der Waals surface area contributed by atoms with Crippen molar-refractivity contribution < 1.29 is 31.5 Å². The summed E-state index contributed by atoms with van der Waals surface area (Å²) in [6.45, 7) is 0. The van der Waals surface area contributed by atoms with E-state index in [9.17, 15) is 26.7 Å². The number of nitrogens with two attached hydrogens (primary N) is 2. The standard InChI is InChI=1S/C25H20ClF5N4OS.CH3NO/c1-35-18(9-19(30)31)15-6-10(4-11-5-13(28)8-17(29)24(11)37-32)20-21(23(15)34-35)25(36)33-22(20)14-7-12(27)2-3-16(14)26;2-1-3/h2-3,5-8,15,18-19,22H,4,9,32H2,1H3,(H,33,36);1H,(H2,2,3). The van der Waals surface area contributed by atoms with Crippen LogP contribution in [-0.2, 0) is 16.0 Å². The molecule has 1 aliphatic carbocycles. The molecule has 14 heteroatoms. The van der Waals surface area contributed by atoms with E-state index in [2.05, 4.69) is 16.2 Å². The van der Waals surface area contributed by atoms with Crippen molar-refractivity contribution in [3.8, 4) is 0 Å². The Labute approximate surface area is 235 Å². The molecule has 2 aromatic rings. The van der Waals surface area contributed by atoms with Gasteiger partial charge in [-0.05, 0) is 59.3 Å².